The Labute approximate surface area is 61.3 Å². The zero-order valence-electron chi connectivity index (χ0n) is 6.14. The van der Waals surface area contributed by atoms with Gasteiger partial charge in [0.25, 0.3) is 0 Å². The maximum Gasteiger partial charge on any atom is 0.0679 e. The third-order valence-electron chi connectivity index (χ3n) is 0.816. The van der Waals surface area contributed by atoms with Crippen molar-refractivity contribution in [3.05, 3.63) is 0 Å². The predicted octanol–water partition coefficient (Wildman–Crippen LogP) is 1.28. The van der Waals surface area contributed by atoms with E-state index in [0.717, 1.165) is 25.3 Å². The van der Waals surface area contributed by atoms with Gasteiger partial charge in [-0.2, -0.15) is 11.8 Å². The molecule has 56 valence electrons. The van der Waals surface area contributed by atoms with Gasteiger partial charge < -0.3 is 4.84 Å². The van der Waals surface area contributed by atoms with E-state index < -0.39 is 0 Å². The number of hydroxylamine groups is 1. The predicted molar refractivity (Wildman–Crippen MR) is 42.6 cm³/mol. The Kier molecular flexibility index (Phi) is 8.52. The summed E-state index contributed by atoms with van der Waals surface area (Å²) in [6.07, 6.45) is 3.16. The molecule has 0 rings (SSSR count). The standard InChI is InChI=1S/C6H15NOS/c1-3-5-8-7-4-6-9-2/h7H,3-6H2,1-2H3. The smallest absolute Gasteiger partial charge is 0.0679 e. The summed E-state index contributed by atoms with van der Waals surface area (Å²) in [5.74, 6) is 1.11. The molecule has 9 heavy (non-hydrogen) atoms. The van der Waals surface area contributed by atoms with Crippen LogP contribution in [-0.2, 0) is 4.84 Å². The summed E-state index contributed by atoms with van der Waals surface area (Å²) in [6, 6.07) is 0. The first-order valence-electron chi connectivity index (χ1n) is 3.25. The quantitative estimate of drug-likeness (QED) is 0.454. The minimum absolute atomic E-state index is 0.814. The fourth-order valence-corrected chi connectivity index (χ4v) is 0.678. The molecule has 0 unspecified atom stereocenters. The summed E-state index contributed by atoms with van der Waals surface area (Å²) >= 11 is 1.82. The molecule has 3 heteroatoms. The van der Waals surface area contributed by atoms with Crippen molar-refractivity contribution in [2.24, 2.45) is 0 Å². The van der Waals surface area contributed by atoms with Crippen LogP contribution in [-0.4, -0.2) is 25.2 Å². The molecule has 0 atom stereocenters. The van der Waals surface area contributed by atoms with Crippen molar-refractivity contribution in [3.63, 3.8) is 0 Å². The summed E-state index contributed by atoms with van der Waals surface area (Å²) in [5, 5.41) is 0. The number of nitrogens with one attached hydrogen (secondary N) is 1. The lowest BCUT2D eigenvalue weighted by molar-refractivity contribution is 0.0458. The molecule has 0 radical (unpaired) electrons. The monoisotopic (exact) mass is 149 g/mol. The van der Waals surface area contributed by atoms with Crippen LogP contribution in [0.1, 0.15) is 13.3 Å². The first kappa shape index (κ1) is 9.27. The van der Waals surface area contributed by atoms with Gasteiger partial charge in [0.2, 0.25) is 0 Å². The molecule has 0 amide bonds. The Bertz CT molecular complexity index is 46.3. The lowest BCUT2D eigenvalue weighted by Gasteiger charge is -2.01. The normalized spacial score (nSPS) is 10.0. The Morgan fingerprint density at radius 3 is 2.89 bits per heavy atom. The van der Waals surface area contributed by atoms with E-state index in [1.807, 2.05) is 11.8 Å². The number of rotatable bonds is 6. The molecule has 1 N–H and O–H groups in total. The highest BCUT2D eigenvalue weighted by Gasteiger charge is 1.82. The molecule has 0 aromatic heterocycles. The molecular formula is C6H15NOS. The van der Waals surface area contributed by atoms with Crippen molar-refractivity contribution in [3.8, 4) is 0 Å². The summed E-state index contributed by atoms with van der Waals surface area (Å²) in [6.45, 7) is 3.85. The number of hydrogen-bond donors (Lipinski definition) is 1. The molecule has 0 saturated carbocycles. The first-order chi connectivity index (χ1) is 4.41. The van der Waals surface area contributed by atoms with Gasteiger partial charge in [-0.15, -0.1) is 0 Å². The third-order valence-corrected chi connectivity index (χ3v) is 1.43. The van der Waals surface area contributed by atoms with Gasteiger partial charge in [0, 0.05) is 12.3 Å². The van der Waals surface area contributed by atoms with Gasteiger partial charge in [0.05, 0.1) is 6.61 Å². The van der Waals surface area contributed by atoms with Crippen LogP contribution in [0.3, 0.4) is 0 Å². The number of hydrogen-bond acceptors (Lipinski definition) is 3. The summed E-state index contributed by atoms with van der Waals surface area (Å²) < 4.78 is 0. The fourth-order valence-electron chi connectivity index (χ4n) is 0.390. The summed E-state index contributed by atoms with van der Waals surface area (Å²) in [7, 11) is 0. The van der Waals surface area contributed by atoms with Crippen LogP contribution < -0.4 is 5.48 Å². The first-order valence-corrected chi connectivity index (χ1v) is 4.64. The van der Waals surface area contributed by atoms with Crippen molar-refractivity contribution in [1.82, 2.24) is 5.48 Å². The molecule has 0 aliphatic rings. The molecule has 0 heterocycles. The Hall–Kier alpha value is 0.270. The molecule has 0 spiro atoms. The molecule has 0 bridgehead atoms. The van der Waals surface area contributed by atoms with Crippen LogP contribution in [0.15, 0.2) is 0 Å². The average molecular weight is 149 g/mol. The van der Waals surface area contributed by atoms with Crippen molar-refractivity contribution in [2.75, 3.05) is 25.2 Å². The molecule has 0 fully saturated rings. The highest BCUT2D eigenvalue weighted by molar-refractivity contribution is 7.98. The second kappa shape index (κ2) is 8.27. The van der Waals surface area contributed by atoms with Crippen LogP contribution in [0.25, 0.3) is 0 Å². The van der Waals surface area contributed by atoms with Gasteiger partial charge in [-0.05, 0) is 12.7 Å². The lowest BCUT2D eigenvalue weighted by atomic mass is 10.5. The fraction of sp³-hybridized carbons (Fsp3) is 1.00. The zero-order valence-corrected chi connectivity index (χ0v) is 6.96. The minimum Gasteiger partial charge on any atom is -0.302 e. The summed E-state index contributed by atoms with van der Waals surface area (Å²) in [4.78, 5) is 5.02. The van der Waals surface area contributed by atoms with E-state index in [1.54, 1.807) is 0 Å². The van der Waals surface area contributed by atoms with Gasteiger partial charge in [0.1, 0.15) is 0 Å². The van der Waals surface area contributed by atoms with Crippen LogP contribution in [0, 0.1) is 0 Å². The highest BCUT2D eigenvalue weighted by atomic mass is 32.2. The van der Waals surface area contributed by atoms with Crippen molar-refractivity contribution >= 4 is 11.8 Å². The van der Waals surface area contributed by atoms with Crippen LogP contribution in [0.4, 0.5) is 0 Å². The zero-order chi connectivity index (χ0) is 6.95. The molecule has 0 aromatic rings. The lowest BCUT2D eigenvalue weighted by Crippen LogP contribution is -2.17. The van der Waals surface area contributed by atoms with E-state index in [4.69, 9.17) is 4.84 Å². The average Bonchev–Trinajstić information content (AvgIpc) is 1.89. The van der Waals surface area contributed by atoms with Crippen molar-refractivity contribution in [1.29, 1.82) is 0 Å². The Morgan fingerprint density at radius 1 is 1.56 bits per heavy atom. The van der Waals surface area contributed by atoms with E-state index in [0.29, 0.717) is 0 Å². The molecule has 2 nitrogen and oxygen atoms in total. The maximum atomic E-state index is 5.02. The van der Waals surface area contributed by atoms with Crippen molar-refractivity contribution < 1.29 is 4.84 Å². The maximum absolute atomic E-state index is 5.02. The largest absolute Gasteiger partial charge is 0.302 e. The Balaban J connectivity index is 2.60. The van der Waals surface area contributed by atoms with E-state index in [1.165, 1.54) is 0 Å². The number of thioether (sulfide) groups is 1. The van der Waals surface area contributed by atoms with Gasteiger partial charge in [-0.3, -0.25) is 0 Å². The van der Waals surface area contributed by atoms with E-state index in [-0.39, 0.29) is 0 Å². The SMILES string of the molecule is CCCONCCSC. The van der Waals surface area contributed by atoms with Crippen LogP contribution >= 0.6 is 11.8 Å². The molecule has 0 aromatic carbocycles. The van der Waals surface area contributed by atoms with Gasteiger partial charge in [-0.1, -0.05) is 6.92 Å². The van der Waals surface area contributed by atoms with E-state index >= 15 is 0 Å². The van der Waals surface area contributed by atoms with E-state index in [9.17, 15) is 0 Å². The molecule has 0 aliphatic carbocycles. The van der Waals surface area contributed by atoms with Gasteiger partial charge in [-0.25, -0.2) is 5.48 Å². The highest BCUT2D eigenvalue weighted by Crippen LogP contribution is 1.86. The van der Waals surface area contributed by atoms with Crippen LogP contribution in [0.5, 0.6) is 0 Å². The van der Waals surface area contributed by atoms with Crippen LogP contribution in [0.2, 0.25) is 0 Å². The van der Waals surface area contributed by atoms with Crippen molar-refractivity contribution in [2.45, 2.75) is 13.3 Å². The third kappa shape index (κ3) is 8.27. The second-order valence-electron chi connectivity index (χ2n) is 1.74. The molecular weight excluding hydrogens is 134 g/mol. The molecule has 0 aliphatic heterocycles. The second-order valence-corrected chi connectivity index (χ2v) is 2.72. The van der Waals surface area contributed by atoms with Gasteiger partial charge in [0.15, 0.2) is 0 Å². The Morgan fingerprint density at radius 2 is 2.33 bits per heavy atom. The van der Waals surface area contributed by atoms with E-state index in [2.05, 4.69) is 18.7 Å². The van der Waals surface area contributed by atoms with Gasteiger partial charge >= 0.3 is 0 Å². The minimum atomic E-state index is 0.814. The topological polar surface area (TPSA) is 21.3 Å². The molecule has 0 saturated heterocycles. The summed E-state index contributed by atoms with van der Waals surface area (Å²) in [5.41, 5.74) is 2.87.